The molecule has 1 heterocycles. The van der Waals surface area contributed by atoms with Crippen molar-refractivity contribution in [2.45, 2.75) is 25.3 Å². The van der Waals surface area contributed by atoms with Crippen molar-refractivity contribution < 1.29 is 0 Å². The molecule has 3 aromatic rings. The van der Waals surface area contributed by atoms with E-state index in [-0.39, 0.29) is 6.04 Å². The summed E-state index contributed by atoms with van der Waals surface area (Å²) in [5, 5.41) is 2.60. The van der Waals surface area contributed by atoms with Crippen molar-refractivity contribution in [3.63, 3.8) is 0 Å². The minimum Gasteiger partial charge on any atom is -0.327 e. The Labute approximate surface area is 125 Å². The minimum atomic E-state index is 0.165. The first-order valence-corrected chi connectivity index (χ1v) is 7.45. The fourth-order valence-electron chi connectivity index (χ4n) is 2.73. The van der Waals surface area contributed by atoms with E-state index in [2.05, 4.69) is 53.5 Å². The predicted octanol–water partition coefficient (Wildman–Crippen LogP) is 3.74. The lowest BCUT2D eigenvalue weighted by Crippen LogP contribution is -2.23. The predicted molar refractivity (Wildman–Crippen MR) is 88.2 cm³/mol. The number of nitrogens with zero attached hydrogens (tertiary/aromatic N) is 1. The van der Waals surface area contributed by atoms with Crippen LogP contribution in [0.4, 0.5) is 0 Å². The molecule has 2 aromatic carbocycles. The molecule has 2 N–H and O–H groups in total. The Balaban J connectivity index is 1.67. The van der Waals surface area contributed by atoms with E-state index in [0.717, 1.165) is 25.0 Å². The molecule has 2 nitrogen and oxygen atoms in total. The SMILES string of the molecule is NC(CCc1ccccn1)Cc1cccc2ccccc12. The fraction of sp³-hybridized carbons (Fsp3) is 0.211. The molecule has 3 rings (SSSR count). The van der Waals surface area contributed by atoms with E-state index < -0.39 is 0 Å². The van der Waals surface area contributed by atoms with Crippen molar-refractivity contribution in [3.05, 3.63) is 78.1 Å². The molecule has 0 saturated carbocycles. The van der Waals surface area contributed by atoms with E-state index in [1.54, 1.807) is 0 Å². The van der Waals surface area contributed by atoms with Crippen LogP contribution in [0.5, 0.6) is 0 Å². The van der Waals surface area contributed by atoms with Crippen LogP contribution < -0.4 is 5.73 Å². The third-order valence-corrected chi connectivity index (χ3v) is 3.86. The number of pyridine rings is 1. The maximum Gasteiger partial charge on any atom is 0.0404 e. The van der Waals surface area contributed by atoms with Gasteiger partial charge in [-0.3, -0.25) is 4.98 Å². The smallest absolute Gasteiger partial charge is 0.0404 e. The molecule has 0 aliphatic rings. The van der Waals surface area contributed by atoms with Crippen LogP contribution in [-0.2, 0) is 12.8 Å². The lowest BCUT2D eigenvalue weighted by Gasteiger charge is -2.13. The van der Waals surface area contributed by atoms with Crippen molar-refractivity contribution in [2.75, 3.05) is 0 Å². The normalized spacial score (nSPS) is 12.4. The summed E-state index contributed by atoms with van der Waals surface area (Å²) < 4.78 is 0. The van der Waals surface area contributed by atoms with Crippen LogP contribution in [0.15, 0.2) is 66.9 Å². The highest BCUT2D eigenvalue weighted by Gasteiger charge is 2.07. The van der Waals surface area contributed by atoms with Crippen LogP contribution in [0.2, 0.25) is 0 Å². The number of rotatable bonds is 5. The van der Waals surface area contributed by atoms with Gasteiger partial charge in [0.15, 0.2) is 0 Å². The van der Waals surface area contributed by atoms with Gasteiger partial charge in [0.1, 0.15) is 0 Å². The zero-order valence-corrected chi connectivity index (χ0v) is 12.1. The maximum atomic E-state index is 6.32. The van der Waals surface area contributed by atoms with Gasteiger partial charge in [0.05, 0.1) is 0 Å². The Kier molecular flexibility index (Phi) is 4.27. The van der Waals surface area contributed by atoms with Crippen molar-refractivity contribution in [1.29, 1.82) is 0 Å². The van der Waals surface area contributed by atoms with Gasteiger partial charge in [0.25, 0.3) is 0 Å². The maximum absolute atomic E-state index is 6.32. The Bertz CT molecular complexity index is 702. The second-order valence-electron chi connectivity index (χ2n) is 5.46. The summed E-state index contributed by atoms with van der Waals surface area (Å²) >= 11 is 0. The number of benzene rings is 2. The zero-order valence-electron chi connectivity index (χ0n) is 12.1. The fourth-order valence-corrected chi connectivity index (χ4v) is 2.73. The molecule has 0 bridgehead atoms. The van der Waals surface area contributed by atoms with Gasteiger partial charge < -0.3 is 5.73 Å². The van der Waals surface area contributed by atoms with E-state index in [0.29, 0.717) is 0 Å². The lowest BCUT2D eigenvalue weighted by atomic mass is 9.97. The summed E-state index contributed by atoms with van der Waals surface area (Å²) in [4.78, 5) is 4.35. The quantitative estimate of drug-likeness (QED) is 0.771. The van der Waals surface area contributed by atoms with Crippen molar-refractivity contribution >= 4 is 10.8 Å². The van der Waals surface area contributed by atoms with Crippen molar-refractivity contribution in [1.82, 2.24) is 4.98 Å². The van der Waals surface area contributed by atoms with Gasteiger partial charge in [-0.05, 0) is 47.7 Å². The highest BCUT2D eigenvalue weighted by Crippen LogP contribution is 2.20. The molecule has 1 atom stereocenters. The Morgan fingerprint density at radius 1 is 0.905 bits per heavy atom. The zero-order chi connectivity index (χ0) is 14.5. The molecular weight excluding hydrogens is 256 g/mol. The summed E-state index contributed by atoms with van der Waals surface area (Å²) in [6, 6.07) is 21.1. The number of aromatic nitrogens is 1. The largest absolute Gasteiger partial charge is 0.327 e. The molecule has 0 spiro atoms. The molecule has 0 radical (unpaired) electrons. The molecular formula is C19H20N2. The Morgan fingerprint density at radius 2 is 1.71 bits per heavy atom. The van der Waals surface area contributed by atoms with Crippen LogP contribution >= 0.6 is 0 Å². The van der Waals surface area contributed by atoms with E-state index in [9.17, 15) is 0 Å². The molecule has 0 aliphatic carbocycles. The van der Waals surface area contributed by atoms with Gasteiger partial charge in [0, 0.05) is 17.9 Å². The van der Waals surface area contributed by atoms with E-state index in [1.807, 2.05) is 18.3 Å². The highest BCUT2D eigenvalue weighted by atomic mass is 14.7. The molecule has 2 heteroatoms. The summed E-state index contributed by atoms with van der Waals surface area (Å²) in [5.74, 6) is 0. The average Bonchev–Trinajstić information content (AvgIpc) is 2.54. The van der Waals surface area contributed by atoms with Crippen LogP contribution in [0, 0.1) is 0 Å². The van der Waals surface area contributed by atoms with Gasteiger partial charge in [-0.1, -0.05) is 48.5 Å². The van der Waals surface area contributed by atoms with Crippen LogP contribution in [0.1, 0.15) is 17.7 Å². The second-order valence-corrected chi connectivity index (χ2v) is 5.46. The van der Waals surface area contributed by atoms with Gasteiger partial charge >= 0.3 is 0 Å². The molecule has 1 aromatic heterocycles. The topological polar surface area (TPSA) is 38.9 Å². The summed E-state index contributed by atoms with van der Waals surface area (Å²) in [6.45, 7) is 0. The lowest BCUT2D eigenvalue weighted by molar-refractivity contribution is 0.607. The standard InChI is InChI=1S/C19H20N2/c20-17(11-12-18-9-3-4-13-21-18)14-16-8-5-7-15-6-1-2-10-19(15)16/h1-10,13,17H,11-12,14,20H2. The highest BCUT2D eigenvalue weighted by molar-refractivity contribution is 5.85. The Morgan fingerprint density at radius 3 is 2.57 bits per heavy atom. The summed E-state index contributed by atoms with van der Waals surface area (Å²) in [6.07, 6.45) is 4.65. The molecule has 0 amide bonds. The second kappa shape index (κ2) is 6.51. The van der Waals surface area contributed by atoms with Crippen LogP contribution in [-0.4, -0.2) is 11.0 Å². The Hall–Kier alpha value is -2.19. The molecule has 0 saturated heterocycles. The molecule has 21 heavy (non-hydrogen) atoms. The number of fused-ring (bicyclic) bond motifs is 1. The van der Waals surface area contributed by atoms with Crippen LogP contribution in [0.3, 0.4) is 0 Å². The van der Waals surface area contributed by atoms with Crippen LogP contribution in [0.25, 0.3) is 10.8 Å². The number of hydrogen-bond acceptors (Lipinski definition) is 2. The first-order chi connectivity index (χ1) is 10.3. The molecule has 1 unspecified atom stereocenters. The third-order valence-electron chi connectivity index (χ3n) is 3.86. The van der Waals surface area contributed by atoms with Gasteiger partial charge in [-0.25, -0.2) is 0 Å². The average molecular weight is 276 g/mol. The summed E-state index contributed by atoms with van der Waals surface area (Å²) in [5.41, 5.74) is 8.77. The summed E-state index contributed by atoms with van der Waals surface area (Å²) in [7, 11) is 0. The minimum absolute atomic E-state index is 0.165. The number of hydrogen-bond donors (Lipinski definition) is 1. The molecule has 106 valence electrons. The molecule has 0 aliphatic heterocycles. The van der Waals surface area contributed by atoms with Crippen molar-refractivity contribution in [2.24, 2.45) is 5.73 Å². The number of aryl methyl sites for hydroxylation is 1. The van der Waals surface area contributed by atoms with E-state index in [4.69, 9.17) is 5.73 Å². The first kappa shape index (κ1) is 13.8. The number of nitrogens with two attached hydrogens (primary N) is 1. The van der Waals surface area contributed by atoms with Gasteiger partial charge in [0.2, 0.25) is 0 Å². The first-order valence-electron chi connectivity index (χ1n) is 7.45. The van der Waals surface area contributed by atoms with E-state index in [1.165, 1.54) is 16.3 Å². The van der Waals surface area contributed by atoms with Gasteiger partial charge in [-0.15, -0.1) is 0 Å². The third kappa shape index (κ3) is 3.47. The molecule has 0 fully saturated rings. The van der Waals surface area contributed by atoms with Gasteiger partial charge in [-0.2, -0.15) is 0 Å². The van der Waals surface area contributed by atoms with E-state index >= 15 is 0 Å². The monoisotopic (exact) mass is 276 g/mol. The van der Waals surface area contributed by atoms with Crippen molar-refractivity contribution in [3.8, 4) is 0 Å².